The van der Waals surface area contributed by atoms with Gasteiger partial charge in [0.05, 0.1) is 12.7 Å². The van der Waals surface area contributed by atoms with Gasteiger partial charge in [-0.15, -0.1) is 0 Å². The van der Waals surface area contributed by atoms with E-state index in [1.807, 2.05) is 0 Å². The summed E-state index contributed by atoms with van der Waals surface area (Å²) in [7, 11) is 1.43. The zero-order valence-electron chi connectivity index (χ0n) is 15.9. The zero-order valence-corrected chi connectivity index (χ0v) is 15.9. The number of rotatable bonds is 7. The third kappa shape index (κ3) is 6.26. The maximum atomic E-state index is 12.1. The van der Waals surface area contributed by atoms with Gasteiger partial charge in [-0.05, 0) is 31.9 Å². The van der Waals surface area contributed by atoms with Gasteiger partial charge in [0.25, 0.3) is 11.8 Å². The van der Waals surface area contributed by atoms with Crippen LogP contribution < -0.4 is 20.7 Å². The second-order valence-electron chi connectivity index (χ2n) is 6.46. The lowest BCUT2D eigenvalue weighted by molar-refractivity contribution is -0.153. The number of methoxy groups -OCH3 is 1. The number of urea groups is 1. The summed E-state index contributed by atoms with van der Waals surface area (Å²) in [4.78, 5) is 47.7. The molecule has 1 aromatic rings. The van der Waals surface area contributed by atoms with Crippen molar-refractivity contribution in [3.05, 3.63) is 29.8 Å². The van der Waals surface area contributed by atoms with Gasteiger partial charge >= 0.3 is 12.0 Å². The van der Waals surface area contributed by atoms with Crippen molar-refractivity contribution in [3.63, 3.8) is 0 Å². The van der Waals surface area contributed by atoms with Gasteiger partial charge in [-0.2, -0.15) is 0 Å². The number of benzene rings is 1. The molecule has 9 heteroatoms. The van der Waals surface area contributed by atoms with Gasteiger partial charge in [-0.25, -0.2) is 4.79 Å². The highest BCUT2D eigenvalue weighted by atomic mass is 16.5. The van der Waals surface area contributed by atoms with Crippen LogP contribution in [0.25, 0.3) is 0 Å². The van der Waals surface area contributed by atoms with Crippen molar-refractivity contribution in [2.45, 2.75) is 44.8 Å². The van der Waals surface area contributed by atoms with E-state index >= 15 is 0 Å². The molecule has 1 aliphatic carbocycles. The maximum absolute atomic E-state index is 12.1. The van der Waals surface area contributed by atoms with Gasteiger partial charge in [-0.1, -0.05) is 25.0 Å². The number of para-hydroxylation sites is 1. The summed E-state index contributed by atoms with van der Waals surface area (Å²) >= 11 is 0. The van der Waals surface area contributed by atoms with Crippen LogP contribution in [0.2, 0.25) is 0 Å². The van der Waals surface area contributed by atoms with Crippen LogP contribution in [0, 0.1) is 0 Å². The van der Waals surface area contributed by atoms with Gasteiger partial charge in [0.15, 0.2) is 6.10 Å². The molecule has 0 bridgehead atoms. The van der Waals surface area contributed by atoms with Crippen molar-refractivity contribution in [3.8, 4) is 5.75 Å². The Labute approximate surface area is 163 Å². The molecule has 2 rings (SSSR count). The lowest BCUT2D eigenvalue weighted by atomic mass is 10.2. The molecule has 0 saturated heterocycles. The van der Waals surface area contributed by atoms with E-state index in [0.717, 1.165) is 25.7 Å². The van der Waals surface area contributed by atoms with E-state index in [9.17, 15) is 19.2 Å². The summed E-state index contributed by atoms with van der Waals surface area (Å²) in [5.41, 5.74) is 0.271. The fourth-order valence-corrected chi connectivity index (χ4v) is 2.88. The third-order valence-corrected chi connectivity index (χ3v) is 4.35. The van der Waals surface area contributed by atoms with Crippen LogP contribution in [0.1, 0.15) is 43.0 Å². The Kier molecular flexibility index (Phi) is 7.79. The van der Waals surface area contributed by atoms with Crippen molar-refractivity contribution >= 4 is 23.8 Å². The molecule has 0 aliphatic heterocycles. The summed E-state index contributed by atoms with van der Waals surface area (Å²) < 4.78 is 10.0. The normalized spacial score (nSPS) is 14.6. The van der Waals surface area contributed by atoms with Gasteiger partial charge in [0.2, 0.25) is 0 Å². The van der Waals surface area contributed by atoms with Crippen LogP contribution in [0.4, 0.5) is 4.79 Å². The second-order valence-corrected chi connectivity index (χ2v) is 6.46. The van der Waals surface area contributed by atoms with Crippen molar-refractivity contribution in [1.29, 1.82) is 0 Å². The van der Waals surface area contributed by atoms with Crippen LogP contribution in [0.3, 0.4) is 0 Å². The Morgan fingerprint density at radius 3 is 2.50 bits per heavy atom. The third-order valence-electron chi connectivity index (χ3n) is 4.35. The molecule has 28 heavy (non-hydrogen) atoms. The Balaban J connectivity index is 1.74. The van der Waals surface area contributed by atoms with Crippen molar-refractivity contribution in [1.82, 2.24) is 16.0 Å². The van der Waals surface area contributed by atoms with Gasteiger partial charge in [-0.3, -0.25) is 19.7 Å². The highest BCUT2D eigenvalue weighted by molar-refractivity contribution is 5.99. The summed E-state index contributed by atoms with van der Waals surface area (Å²) in [5.74, 6) is -1.68. The number of nitrogens with one attached hydrogen (secondary N) is 3. The summed E-state index contributed by atoms with van der Waals surface area (Å²) in [6.45, 7) is 0.918. The lowest BCUT2D eigenvalue weighted by Crippen LogP contribution is -2.47. The molecular formula is C19H25N3O6. The SMILES string of the molecule is COc1ccccc1C(=O)NCC(=O)O[C@@H](C)C(=O)NC(=O)NC1CCCC1. The molecule has 1 fully saturated rings. The number of carbonyl (C=O) groups excluding carboxylic acids is 4. The molecule has 1 aliphatic rings. The fraction of sp³-hybridized carbons (Fsp3) is 0.474. The second kappa shape index (κ2) is 10.3. The summed E-state index contributed by atoms with van der Waals surface area (Å²) in [6.07, 6.45) is 2.70. The minimum atomic E-state index is -1.18. The lowest BCUT2D eigenvalue weighted by Gasteiger charge is -2.16. The minimum absolute atomic E-state index is 0.0656. The molecule has 3 N–H and O–H groups in total. The number of esters is 1. The average molecular weight is 391 g/mol. The van der Waals surface area contributed by atoms with E-state index < -0.39 is 36.5 Å². The van der Waals surface area contributed by atoms with Crippen LogP contribution in [0.15, 0.2) is 24.3 Å². The van der Waals surface area contributed by atoms with Crippen molar-refractivity contribution in [2.75, 3.05) is 13.7 Å². The molecule has 4 amide bonds. The van der Waals surface area contributed by atoms with E-state index in [-0.39, 0.29) is 11.6 Å². The Hall–Kier alpha value is -3.10. The minimum Gasteiger partial charge on any atom is -0.496 e. The van der Waals surface area contributed by atoms with E-state index in [2.05, 4.69) is 16.0 Å². The smallest absolute Gasteiger partial charge is 0.326 e. The standard InChI is InChI=1S/C19H25N3O6/c1-12(17(24)22-19(26)21-13-7-3-4-8-13)28-16(23)11-20-18(25)14-9-5-6-10-15(14)27-2/h5-6,9-10,12-13H,3-4,7-8,11H2,1-2H3,(H,20,25)(H2,21,22,24,26)/t12-/m0/s1. The molecule has 0 spiro atoms. The summed E-state index contributed by atoms with van der Waals surface area (Å²) in [6, 6.07) is 6.01. The molecule has 9 nitrogen and oxygen atoms in total. The first-order valence-electron chi connectivity index (χ1n) is 9.12. The van der Waals surface area contributed by atoms with Crippen LogP contribution in [-0.4, -0.2) is 49.6 Å². The monoisotopic (exact) mass is 391 g/mol. The maximum Gasteiger partial charge on any atom is 0.326 e. The fourth-order valence-electron chi connectivity index (χ4n) is 2.88. The topological polar surface area (TPSA) is 123 Å². The van der Waals surface area contributed by atoms with E-state index in [1.165, 1.54) is 14.0 Å². The van der Waals surface area contributed by atoms with Gasteiger partial charge in [0.1, 0.15) is 12.3 Å². The van der Waals surface area contributed by atoms with Gasteiger partial charge in [0, 0.05) is 6.04 Å². The largest absolute Gasteiger partial charge is 0.496 e. The molecule has 0 radical (unpaired) electrons. The molecule has 1 saturated carbocycles. The molecule has 1 atom stereocenters. The number of hydrogen-bond acceptors (Lipinski definition) is 6. The Bertz CT molecular complexity index is 730. The predicted molar refractivity (Wildman–Crippen MR) is 99.8 cm³/mol. The quantitative estimate of drug-likeness (QED) is 0.599. The Morgan fingerprint density at radius 2 is 1.82 bits per heavy atom. The van der Waals surface area contributed by atoms with E-state index in [4.69, 9.17) is 9.47 Å². The molecule has 0 aromatic heterocycles. The Morgan fingerprint density at radius 1 is 1.14 bits per heavy atom. The van der Waals surface area contributed by atoms with E-state index in [1.54, 1.807) is 24.3 Å². The molecular weight excluding hydrogens is 366 g/mol. The number of ether oxygens (including phenoxy) is 2. The summed E-state index contributed by atoms with van der Waals surface area (Å²) in [5, 5.41) is 7.26. The van der Waals surface area contributed by atoms with Crippen molar-refractivity contribution in [2.24, 2.45) is 0 Å². The molecule has 1 aromatic carbocycles. The number of amides is 4. The number of carbonyl (C=O) groups is 4. The zero-order chi connectivity index (χ0) is 20.5. The molecule has 0 heterocycles. The van der Waals surface area contributed by atoms with Crippen LogP contribution in [0.5, 0.6) is 5.75 Å². The highest BCUT2D eigenvalue weighted by Gasteiger charge is 2.23. The highest BCUT2D eigenvalue weighted by Crippen LogP contribution is 2.17. The molecule has 152 valence electrons. The van der Waals surface area contributed by atoms with Crippen LogP contribution in [-0.2, 0) is 14.3 Å². The first-order valence-corrected chi connectivity index (χ1v) is 9.12. The van der Waals surface area contributed by atoms with E-state index in [0.29, 0.717) is 5.75 Å². The first kappa shape index (κ1) is 21.2. The van der Waals surface area contributed by atoms with Gasteiger partial charge < -0.3 is 20.1 Å². The predicted octanol–water partition coefficient (Wildman–Crippen LogP) is 1.13. The first-order chi connectivity index (χ1) is 13.4. The number of imide groups is 1. The average Bonchev–Trinajstić information content (AvgIpc) is 3.18. The number of hydrogen-bond donors (Lipinski definition) is 3. The van der Waals surface area contributed by atoms with Crippen molar-refractivity contribution < 1.29 is 28.7 Å². The van der Waals surface area contributed by atoms with Crippen LogP contribution >= 0.6 is 0 Å². The molecule has 0 unspecified atom stereocenters.